The van der Waals surface area contributed by atoms with E-state index in [1.54, 1.807) is 44.2 Å². The topological polar surface area (TPSA) is 3.24 Å². The van der Waals surface area contributed by atoms with Crippen molar-refractivity contribution < 1.29 is 0 Å². The van der Waals surface area contributed by atoms with E-state index in [9.17, 15) is 0 Å². The van der Waals surface area contributed by atoms with Gasteiger partial charge in [0.25, 0.3) is 0 Å². The molecule has 9 rings (SSSR count). The third kappa shape index (κ3) is 2.24. The van der Waals surface area contributed by atoms with E-state index in [4.69, 9.17) is 0 Å². The maximum Gasteiger partial charge on any atom is 0.0416 e. The number of nitrogens with zero attached hydrogens (tertiary/aromatic N) is 1. The molecule has 144 valence electrons. The van der Waals surface area contributed by atoms with Crippen molar-refractivity contribution in [1.82, 2.24) is 0 Å². The summed E-state index contributed by atoms with van der Waals surface area (Å²) in [5, 5.41) is 0. The molecule has 1 nitrogen and oxygen atoms in total. The van der Waals surface area contributed by atoms with Crippen LogP contribution < -0.4 is 4.90 Å². The molecule has 0 N–H and O–H groups in total. The van der Waals surface area contributed by atoms with Gasteiger partial charge < -0.3 is 4.90 Å². The molecule has 0 saturated heterocycles. The van der Waals surface area contributed by atoms with E-state index >= 15 is 0 Å². The number of rotatable bonds is 3. The molecule has 0 amide bonds. The average Bonchev–Trinajstić information content (AvgIpc) is 2.60. The van der Waals surface area contributed by atoms with Crippen LogP contribution in [0.4, 0.5) is 5.69 Å². The zero-order valence-electron chi connectivity index (χ0n) is 16.8. The Bertz CT molecular complexity index is 619. The van der Waals surface area contributed by atoms with E-state index in [0.29, 0.717) is 11.1 Å². The normalized spacial score (nSPS) is 51.7. The van der Waals surface area contributed by atoms with Crippen LogP contribution in [0.5, 0.6) is 0 Å². The molecule has 1 aromatic carbocycles. The SMILES string of the molecule is c1ccc(N(C23CC4CC(CC(C4)C2)C3)C23CC4CC(CC(C4)C2)C3)cc1. The third-order valence-electron chi connectivity index (χ3n) is 9.97. The van der Waals surface area contributed by atoms with Crippen LogP contribution in [0.3, 0.4) is 0 Å². The third-order valence-corrected chi connectivity index (χ3v) is 9.97. The smallest absolute Gasteiger partial charge is 0.0416 e. The van der Waals surface area contributed by atoms with Gasteiger partial charge in [0.15, 0.2) is 0 Å². The van der Waals surface area contributed by atoms with Crippen molar-refractivity contribution in [2.24, 2.45) is 35.5 Å². The Labute approximate surface area is 164 Å². The molecular formula is C26H35N. The zero-order chi connectivity index (χ0) is 17.6. The van der Waals surface area contributed by atoms with Crippen molar-refractivity contribution in [3.8, 4) is 0 Å². The molecule has 0 heterocycles. The summed E-state index contributed by atoms with van der Waals surface area (Å²) in [5.74, 6) is 6.23. The quantitative estimate of drug-likeness (QED) is 0.599. The van der Waals surface area contributed by atoms with Gasteiger partial charge in [0.05, 0.1) is 0 Å². The van der Waals surface area contributed by atoms with Gasteiger partial charge in [-0.05, 0) is 125 Å². The van der Waals surface area contributed by atoms with Crippen LogP contribution in [-0.2, 0) is 0 Å². The fraction of sp³-hybridized carbons (Fsp3) is 0.769. The molecule has 8 fully saturated rings. The van der Waals surface area contributed by atoms with E-state index in [2.05, 4.69) is 35.2 Å². The molecule has 0 aliphatic heterocycles. The number of hydrogen-bond donors (Lipinski definition) is 0. The first-order valence-corrected chi connectivity index (χ1v) is 12.1. The van der Waals surface area contributed by atoms with Gasteiger partial charge in [-0.1, -0.05) is 18.2 Å². The largest absolute Gasteiger partial charge is 0.360 e. The van der Waals surface area contributed by atoms with E-state index in [-0.39, 0.29) is 0 Å². The standard InChI is InChI=1S/C26H35N/c1-2-4-24(5-3-1)27(25-12-18-6-19(13-25)8-20(7-18)14-25)26-15-21-9-22(16-26)11-23(10-21)17-26/h1-5,18-23H,6-17H2. The highest BCUT2D eigenvalue weighted by molar-refractivity contribution is 5.54. The second-order valence-corrected chi connectivity index (χ2v) is 12.0. The molecule has 27 heavy (non-hydrogen) atoms. The fourth-order valence-electron chi connectivity index (χ4n) is 10.3. The van der Waals surface area contributed by atoms with Gasteiger partial charge in [-0.25, -0.2) is 0 Å². The van der Waals surface area contributed by atoms with Gasteiger partial charge >= 0.3 is 0 Å². The lowest BCUT2D eigenvalue weighted by Crippen LogP contribution is -2.70. The highest BCUT2D eigenvalue weighted by Crippen LogP contribution is 2.65. The zero-order valence-corrected chi connectivity index (χ0v) is 16.8. The highest BCUT2D eigenvalue weighted by atomic mass is 15.3. The molecule has 1 heteroatoms. The Morgan fingerprint density at radius 1 is 0.519 bits per heavy atom. The highest BCUT2D eigenvalue weighted by Gasteiger charge is 2.61. The average molecular weight is 362 g/mol. The van der Waals surface area contributed by atoms with Crippen LogP contribution in [-0.4, -0.2) is 11.1 Å². The van der Waals surface area contributed by atoms with Crippen LogP contribution in [0.15, 0.2) is 30.3 Å². The van der Waals surface area contributed by atoms with Crippen molar-refractivity contribution >= 4 is 5.69 Å². The summed E-state index contributed by atoms with van der Waals surface area (Å²) in [6, 6.07) is 11.8. The van der Waals surface area contributed by atoms with Crippen molar-refractivity contribution in [3.63, 3.8) is 0 Å². The second kappa shape index (κ2) is 5.33. The monoisotopic (exact) mass is 361 g/mol. The molecule has 0 unspecified atom stereocenters. The number of anilines is 1. The van der Waals surface area contributed by atoms with Crippen molar-refractivity contribution in [1.29, 1.82) is 0 Å². The molecular weight excluding hydrogens is 326 g/mol. The maximum atomic E-state index is 3.16. The molecule has 0 aromatic heterocycles. The molecule has 8 aliphatic rings. The molecule has 0 atom stereocenters. The minimum Gasteiger partial charge on any atom is -0.360 e. The van der Waals surface area contributed by atoms with Crippen LogP contribution in [0, 0.1) is 35.5 Å². The predicted octanol–water partition coefficient (Wildman–Crippen LogP) is 6.43. The van der Waals surface area contributed by atoms with E-state index < -0.39 is 0 Å². The molecule has 1 aromatic rings. The Hall–Kier alpha value is -0.980. The van der Waals surface area contributed by atoms with E-state index in [0.717, 1.165) is 35.5 Å². The molecule has 0 spiro atoms. The van der Waals surface area contributed by atoms with Crippen LogP contribution in [0.25, 0.3) is 0 Å². The Balaban J connectivity index is 1.37. The van der Waals surface area contributed by atoms with Gasteiger partial charge in [0, 0.05) is 16.8 Å². The fourth-order valence-corrected chi connectivity index (χ4v) is 10.3. The first-order valence-electron chi connectivity index (χ1n) is 12.1. The van der Waals surface area contributed by atoms with E-state index in [1.165, 1.54) is 38.5 Å². The van der Waals surface area contributed by atoms with Gasteiger partial charge in [0.2, 0.25) is 0 Å². The van der Waals surface area contributed by atoms with Gasteiger partial charge in [0.1, 0.15) is 0 Å². The summed E-state index contributed by atoms with van der Waals surface area (Å²) in [6.07, 6.45) is 18.4. The Kier molecular flexibility index (Phi) is 3.14. The number of para-hydroxylation sites is 1. The number of benzene rings is 1. The Morgan fingerprint density at radius 3 is 1.19 bits per heavy atom. The Morgan fingerprint density at radius 2 is 0.852 bits per heavy atom. The lowest BCUT2D eigenvalue weighted by molar-refractivity contribution is -0.0559. The van der Waals surface area contributed by atoms with E-state index in [1.807, 2.05) is 0 Å². The lowest BCUT2D eigenvalue weighted by Gasteiger charge is -2.69. The van der Waals surface area contributed by atoms with Gasteiger partial charge in [-0.15, -0.1) is 0 Å². The first-order chi connectivity index (χ1) is 13.2. The summed E-state index contributed by atoms with van der Waals surface area (Å²) in [5.41, 5.74) is 2.59. The summed E-state index contributed by atoms with van der Waals surface area (Å²) < 4.78 is 0. The van der Waals surface area contributed by atoms with Crippen LogP contribution in [0.1, 0.15) is 77.0 Å². The molecule has 8 bridgehead atoms. The summed E-state index contributed by atoms with van der Waals surface area (Å²) >= 11 is 0. The summed E-state index contributed by atoms with van der Waals surface area (Å²) in [7, 11) is 0. The van der Waals surface area contributed by atoms with Gasteiger partial charge in [-0.3, -0.25) is 0 Å². The molecule has 8 aliphatic carbocycles. The van der Waals surface area contributed by atoms with Crippen molar-refractivity contribution in [3.05, 3.63) is 30.3 Å². The minimum atomic E-state index is 0.502. The van der Waals surface area contributed by atoms with Crippen molar-refractivity contribution in [2.45, 2.75) is 88.1 Å². The molecule has 0 radical (unpaired) electrons. The van der Waals surface area contributed by atoms with Crippen LogP contribution in [0.2, 0.25) is 0 Å². The summed E-state index contributed by atoms with van der Waals surface area (Å²) in [6.45, 7) is 0. The first kappa shape index (κ1) is 15.9. The predicted molar refractivity (Wildman–Crippen MR) is 111 cm³/mol. The van der Waals surface area contributed by atoms with Gasteiger partial charge in [-0.2, -0.15) is 0 Å². The van der Waals surface area contributed by atoms with Crippen molar-refractivity contribution in [2.75, 3.05) is 4.90 Å². The minimum absolute atomic E-state index is 0.502. The number of hydrogen-bond acceptors (Lipinski definition) is 1. The second-order valence-electron chi connectivity index (χ2n) is 12.0. The van der Waals surface area contributed by atoms with Crippen LogP contribution >= 0.6 is 0 Å². The molecule has 8 saturated carbocycles. The lowest BCUT2D eigenvalue weighted by atomic mass is 9.48. The summed E-state index contributed by atoms with van der Waals surface area (Å²) in [4.78, 5) is 3.16. The maximum absolute atomic E-state index is 3.16.